The van der Waals surface area contributed by atoms with Crippen molar-refractivity contribution in [2.24, 2.45) is 9.50 Å². The highest BCUT2D eigenvalue weighted by atomic mass is 79.9. The summed E-state index contributed by atoms with van der Waals surface area (Å²) in [4.78, 5) is 2.68. The maximum Gasteiger partial charge on any atom is 0.290 e. The van der Waals surface area contributed by atoms with Crippen molar-refractivity contribution in [3.63, 3.8) is 0 Å². The van der Waals surface area contributed by atoms with E-state index in [9.17, 15) is 12.6 Å². The molecule has 1 aliphatic rings. The second-order valence-corrected chi connectivity index (χ2v) is 14.3. The summed E-state index contributed by atoms with van der Waals surface area (Å²) in [5.74, 6) is 0.236. The number of ether oxygens (including phenoxy) is 1. The summed E-state index contributed by atoms with van der Waals surface area (Å²) in [5.41, 5.74) is 6.44. The van der Waals surface area contributed by atoms with Gasteiger partial charge in [-0.3, -0.25) is 5.41 Å². The van der Waals surface area contributed by atoms with E-state index in [2.05, 4.69) is 19.7 Å². The molecule has 1 aromatic heterocycles. The van der Waals surface area contributed by atoms with E-state index in [1.807, 2.05) is 11.9 Å². The highest BCUT2D eigenvalue weighted by Gasteiger charge is 2.29. The topological polar surface area (TPSA) is 126 Å². The molecule has 2 heterocycles. The average molecular weight is 602 g/mol. The van der Waals surface area contributed by atoms with E-state index in [1.54, 1.807) is 36.6 Å². The molecule has 0 aliphatic carbocycles. The van der Waals surface area contributed by atoms with Crippen LogP contribution in [0.3, 0.4) is 0 Å². The molecule has 0 radical (unpaired) electrons. The third-order valence-corrected chi connectivity index (χ3v) is 12.4. The molecule has 1 unspecified atom stereocenters. The fourth-order valence-corrected chi connectivity index (χ4v) is 10.5. The van der Waals surface area contributed by atoms with Gasteiger partial charge in [0.2, 0.25) is 0 Å². The van der Waals surface area contributed by atoms with Crippen molar-refractivity contribution in [1.29, 1.82) is 5.41 Å². The zero-order chi connectivity index (χ0) is 24.7. The summed E-state index contributed by atoms with van der Waals surface area (Å²) in [6.45, 7) is 1.12. The number of hydrogen-bond acceptors (Lipinski definition) is 8. The van der Waals surface area contributed by atoms with Crippen molar-refractivity contribution in [2.75, 3.05) is 31.4 Å². The molecule has 1 atom stereocenters. The van der Waals surface area contributed by atoms with Gasteiger partial charge in [0.1, 0.15) is 27.9 Å². The van der Waals surface area contributed by atoms with E-state index in [0.29, 0.717) is 32.5 Å². The molecule has 0 bridgehead atoms. The van der Waals surface area contributed by atoms with Crippen molar-refractivity contribution in [3.8, 4) is 5.75 Å². The number of fused-ring (bicyclic) bond motifs is 1. The minimum Gasteiger partial charge on any atom is -0.490 e. The number of rotatable bonds is 6. The van der Waals surface area contributed by atoms with Gasteiger partial charge in [0.15, 0.2) is 0 Å². The maximum atomic E-state index is 14.6. The summed E-state index contributed by atoms with van der Waals surface area (Å²) in [6, 6.07) is 12.6. The lowest BCUT2D eigenvalue weighted by atomic mass is 10.2. The number of thioether (sulfide) groups is 1. The SMILES string of the molecule is CSc1sc(C(=N)N)cc1S(=O)(=NS(=O)(=O)c1ccc2c(c1)OCCN2C)c1cccc(Br)c1. The van der Waals surface area contributed by atoms with Crippen LogP contribution >= 0.6 is 39.0 Å². The highest BCUT2D eigenvalue weighted by Crippen LogP contribution is 2.40. The van der Waals surface area contributed by atoms with Crippen LogP contribution in [0.15, 0.2) is 75.7 Å². The van der Waals surface area contributed by atoms with E-state index in [4.69, 9.17) is 15.9 Å². The third-order valence-electron chi connectivity index (χ3n) is 5.06. The first-order chi connectivity index (χ1) is 16.0. The minimum absolute atomic E-state index is 0.114. The van der Waals surface area contributed by atoms with Crippen LogP contribution in [-0.4, -0.2) is 44.9 Å². The van der Waals surface area contributed by atoms with E-state index < -0.39 is 19.8 Å². The Labute approximate surface area is 215 Å². The van der Waals surface area contributed by atoms with Crippen molar-refractivity contribution in [2.45, 2.75) is 18.9 Å². The highest BCUT2D eigenvalue weighted by molar-refractivity contribution is 9.10. The Morgan fingerprint density at radius 3 is 2.65 bits per heavy atom. The molecule has 1 aliphatic heterocycles. The Morgan fingerprint density at radius 2 is 1.97 bits per heavy atom. The summed E-state index contributed by atoms with van der Waals surface area (Å²) in [6.07, 6.45) is 1.78. The van der Waals surface area contributed by atoms with Crippen molar-refractivity contribution < 1.29 is 17.4 Å². The Kier molecular flexibility index (Phi) is 7.02. The predicted octanol–water partition coefficient (Wildman–Crippen LogP) is 4.62. The number of nitrogen functional groups attached to an aromatic ring is 1. The molecule has 0 saturated heterocycles. The first-order valence-electron chi connectivity index (χ1n) is 9.84. The van der Waals surface area contributed by atoms with Crippen LogP contribution in [0.4, 0.5) is 5.69 Å². The first kappa shape index (κ1) is 25.0. The zero-order valence-electron chi connectivity index (χ0n) is 18.1. The lowest BCUT2D eigenvalue weighted by molar-refractivity contribution is 0.310. The van der Waals surface area contributed by atoms with Crippen molar-refractivity contribution in [1.82, 2.24) is 0 Å². The molecule has 4 rings (SSSR count). The Morgan fingerprint density at radius 1 is 1.21 bits per heavy atom. The molecule has 8 nitrogen and oxygen atoms in total. The van der Waals surface area contributed by atoms with Gasteiger partial charge < -0.3 is 15.4 Å². The number of nitrogens with one attached hydrogen (secondary N) is 1. The number of likely N-dealkylation sites (N-methyl/N-ethyl adjacent to an activating group) is 1. The van der Waals surface area contributed by atoms with Gasteiger partial charge in [-0.25, -0.2) is 4.21 Å². The minimum atomic E-state index is -4.37. The van der Waals surface area contributed by atoms with Gasteiger partial charge >= 0.3 is 0 Å². The molecule has 0 fully saturated rings. The quantitative estimate of drug-likeness (QED) is 0.240. The Bertz CT molecular complexity index is 1510. The van der Waals surface area contributed by atoms with Crippen molar-refractivity contribution >= 4 is 70.3 Å². The monoisotopic (exact) mass is 600 g/mol. The number of nitrogens with two attached hydrogens (primary N) is 1. The van der Waals surface area contributed by atoms with Crippen molar-refractivity contribution in [3.05, 3.63) is 57.9 Å². The molecule has 13 heteroatoms. The van der Waals surface area contributed by atoms with Crippen LogP contribution < -0.4 is 15.4 Å². The van der Waals surface area contributed by atoms with E-state index >= 15 is 0 Å². The number of benzene rings is 2. The maximum absolute atomic E-state index is 14.6. The van der Waals surface area contributed by atoms with Gasteiger partial charge in [0, 0.05) is 17.6 Å². The second-order valence-electron chi connectivity index (χ2n) is 7.31. The average Bonchev–Trinajstić information content (AvgIpc) is 3.24. The van der Waals surface area contributed by atoms with Crippen LogP contribution in [-0.2, 0) is 19.8 Å². The number of hydrogen-bond donors (Lipinski definition) is 2. The molecule has 2 aromatic carbocycles. The summed E-state index contributed by atoms with van der Waals surface area (Å²) >= 11 is 5.84. The predicted molar refractivity (Wildman–Crippen MR) is 141 cm³/mol. The van der Waals surface area contributed by atoms with Crippen LogP contribution in [0.1, 0.15) is 4.88 Å². The lowest BCUT2D eigenvalue weighted by Gasteiger charge is -2.27. The molecule has 3 N–H and O–H groups in total. The van der Waals surface area contributed by atoms with E-state index in [0.717, 1.165) is 5.69 Å². The van der Waals surface area contributed by atoms with Gasteiger partial charge in [-0.2, -0.15) is 8.42 Å². The van der Waals surface area contributed by atoms with Gasteiger partial charge in [-0.05, 0) is 42.7 Å². The molecular formula is C21H21BrN4O4S4. The molecule has 180 valence electrons. The zero-order valence-corrected chi connectivity index (χ0v) is 23.0. The largest absolute Gasteiger partial charge is 0.490 e. The normalized spacial score (nSPS) is 15.2. The van der Waals surface area contributed by atoms with E-state index in [-0.39, 0.29) is 20.5 Å². The molecular weight excluding hydrogens is 580 g/mol. The second kappa shape index (κ2) is 9.53. The standard InChI is InChI=1S/C21H21BrN4O4S4/c1-26-8-9-30-17-11-15(6-7-16(17)26)34(28,29)25-33(27,14-5-3-4-13(22)10-14)19-12-18(20(23)24)32-21(19)31-2/h3-7,10-12H,8-9H2,1-2H3,(H3,23,24). The number of thiophene rings is 1. The fraction of sp³-hybridized carbons (Fsp3) is 0.190. The first-order valence-corrected chi connectivity index (χ1v) is 15.6. The van der Waals surface area contributed by atoms with Crippen LogP contribution in [0.2, 0.25) is 0 Å². The van der Waals surface area contributed by atoms with Gasteiger partial charge in [0.25, 0.3) is 10.0 Å². The number of amidine groups is 1. The molecule has 0 saturated carbocycles. The van der Waals surface area contributed by atoms with Gasteiger partial charge in [0.05, 0.1) is 36.0 Å². The summed E-state index contributed by atoms with van der Waals surface area (Å²) in [5, 5.41) is 7.80. The number of halogens is 1. The van der Waals surface area contributed by atoms with Gasteiger partial charge in [-0.1, -0.05) is 25.8 Å². The van der Waals surface area contributed by atoms with E-state index in [1.165, 1.54) is 41.3 Å². The van der Waals surface area contributed by atoms with Crippen LogP contribution in [0.5, 0.6) is 5.75 Å². The fourth-order valence-electron chi connectivity index (χ4n) is 3.35. The smallest absolute Gasteiger partial charge is 0.290 e. The summed E-state index contributed by atoms with van der Waals surface area (Å²) < 4.78 is 52.4. The van der Waals surface area contributed by atoms with Crippen LogP contribution in [0.25, 0.3) is 0 Å². The summed E-state index contributed by atoms with van der Waals surface area (Å²) in [7, 11) is -6.14. The molecule has 3 aromatic rings. The molecule has 0 spiro atoms. The number of anilines is 1. The molecule has 0 amide bonds. The number of sulfonamides is 1. The molecule has 34 heavy (non-hydrogen) atoms. The van der Waals surface area contributed by atoms with Gasteiger partial charge in [-0.15, -0.1) is 23.1 Å². The van der Waals surface area contributed by atoms with Crippen LogP contribution in [0, 0.1) is 5.41 Å². The Hall–Kier alpha value is -2.06. The number of nitrogens with zero attached hydrogens (tertiary/aromatic N) is 2. The Balaban J connectivity index is 1.98. The third kappa shape index (κ3) is 4.71. The lowest BCUT2D eigenvalue weighted by Crippen LogP contribution is -2.28.